The number of nitrogens with zero attached hydrogens (tertiary/aromatic N) is 4. The molecule has 0 fully saturated rings. The van der Waals surface area contributed by atoms with Crippen LogP contribution in [0.3, 0.4) is 0 Å². The van der Waals surface area contributed by atoms with Crippen molar-refractivity contribution < 1.29 is 4.42 Å². The van der Waals surface area contributed by atoms with Crippen LogP contribution in [-0.4, -0.2) is 17.0 Å². The van der Waals surface area contributed by atoms with Crippen LogP contribution in [0.1, 0.15) is 11.5 Å². The van der Waals surface area contributed by atoms with E-state index in [1.54, 1.807) is 12.5 Å². The van der Waals surface area contributed by atoms with Gasteiger partial charge >= 0.3 is 0 Å². The molecule has 0 saturated carbocycles. The topological polar surface area (TPSA) is 66.0 Å². The molecule has 0 saturated heterocycles. The first kappa shape index (κ1) is 10.2. The second kappa shape index (κ2) is 4.45. The summed E-state index contributed by atoms with van der Waals surface area (Å²) in [5.41, 5.74) is 0.316. The van der Waals surface area contributed by atoms with Gasteiger partial charge in [0.2, 0.25) is 0 Å². The molecule has 0 spiro atoms. The van der Waals surface area contributed by atoms with Gasteiger partial charge in [-0.1, -0.05) is 0 Å². The summed E-state index contributed by atoms with van der Waals surface area (Å²) in [6, 6.07) is 5.71. The van der Waals surface area contributed by atoms with Crippen molar-refractivity contribution in [2.75, 3.05) is 11.9 Å². The Labute approximate surface area is 93.0 Å². The van der Waals surface area contributed by atoms with Gasteiger partial charge in [-0.15, -0.1) is 0 Å². The normalized spacial score (nSPS) is 9.75. The number of hydrogen-bond acceptors (Lipinski definition) is 5. The van der Waals surface area contributed by atoms with Crippen molar-refractivity contribution in [3.8, 4) is 6.07 Å². The van der Waals surface area contributed by atoms with Gasteiger partial charge in [-0.3, -0.25) is 0 Å². The first-order valence-corrected chi connectivity index (χ1v) is 4.76. The highest BCUT2D eigenvalue weighted by molar-refractivity contribution is 5.48. The maximum atomic E-state index is 8.89. The molecular formula is C11H10N4O. The first-order valence-electron chi connectivity index (χ1n) is 4.76. The van der Waals surface area contributed by atoms with Gasteiger partial charge in [-0.05, 0) is 12.1 Å². The van der Waals surface area contributed by atoms with Gasteiger partial charge in [0.05, 0.1) is 12.8 Å². The van der Waals surface area contributed by atoms with Gasteiger partial charge in [-0.25, -0.2) is 9.97 Å². The second-order valence-electron chi connectivity index (χ2n) is 3.28. The molecule has 0 radical (unpaired) electrons. The molecule has 0 amide bonds. The van der Waals surface area contributed by atoms with Crippen molar-refractivity contribution in [3.05, 3.63) is 42.2 Å². The molecule has 16 heavy (non-hydrogen) atoms. The SMILES string of the molecule is CN(Cc1ccco1)c1nccnc1C#N. The minimum atomic E-state index is 0.316. The molecule has 2 aromatic heterocycles. The van der Waals surface area contributed by atoms with Crippen LogP contribution in [-0.2, 0) is 6.54 Å². The highest BCUT2D eigenvalue weighted by Crippen LogP contribution is 2.15. The molecule has 0 N–H and O–H groups in total. The maximum Gasteiger partial charge on any atom is 0.183 e. The second-order valence-corrected chi connectivity index (χ2v) is 3.28. The van der Waals surface area contributed by atoms with Crippen LogP contribution < -0.4 is 4.90 Å². The smallest absolute Gasteiger partial charge is 0.183 e. The van der Waals surface area contributed by atoms with Crippen molar-refractivity contribution in [1.29, 1.82) is 5.26 Å². The number of anilines is 1. The number of furan rings is 1. The van der Waals surface area contributed by atoms with Gasteiger partial charge < -0.3 is 9.32 Å². The Morgan fingerprint density at radius 3 is 2.94 bits per heavy atom. The van der Waals surface area contributed by atoms with Gasteiger partial charge in [0.25, 0.3) is 0 Å². The third-order valence-electron chi connectivity index (χ3n) is 2.12. The Hall–Kier alpha value is -2.35. The van der Waals surface area contributed by atoms with Crippen LogP contribution in [0, 0.1) is 11.3 Å². The van der Waals surface area contributed by atoms with Crippen molar-refractivity contribution in [2.24, 2.45) is 0 Å². The van der Waals surface area contributed by atoms with Crippen molar-refractivity contribution in [1.82, 2.24) is 9.97 Å². The average Bonchev–Trinajstić information content (AvgIpc) is 2.81. The highest BCUT2D eigenvalue weighted by atomic mass is 16.3. The van der Waals surface area contributed by atoms with Crippen LogP contribution in [0.5, 0.6) is 0 Å². The van der Waals surface area contributed by atoms with E-state index in [9.17, 15) is 0 Å². The number of hydrogen-bond donors (Lipinski definition) is 0. The quantitative estimate of drug-likeness (QED) is 0.776. The molecule has 0 aromatic carbocycles. The molecule has 0 aliphatic carbocycles. The van der Waals surface area contributed by atoms with Crippen molar-refractivity contribution in [3.63, 3.8) is 0 Å². The van der Waals surface area contributed by atoms with Crippen LogP contribution in [0.25, 0.3) is 0 Å². The highest BCUT2D eigenvalue weighted by Gasteiger charge is 2.10. The molecule has 0 atom stereocenters. The minimum Gasteiger partial charge on any atom is -0.467 e. The number of aromatic nitrogens is 2. The lowest BCUT2D eigenvalue weighted by atomic mass is 10.3. The van der Waals surface area contributed by atoms with E-state index in [0.29, 0.717) is 18.1 Å². The zero-order valence-electron chi connectivity index (χ0n) is 8.79. The molecule has 2 aromatic rings. The van der Waals surface area contributed by atoms with Crippen molar-refractivity contribution in [2.45, 2.75) is 6.54 Å². The Morgan fingerprint density at radius 2 is 2.25 bits per heavy atom. The fourth-order valence-electron chi connectivity index (χ4n) is 1.40. The molecule has 0 unspecified atom stereocenters. The van der Waals surface area contributed by atoms with Crippen LogP contribution >= 0.6 is 0 Å². The summed E-state index contributed by atoms with van der Waals surface area (Å²) in [7, 11) is 1.84. The summed E-state index contributed by atoms with van der Waals surface area (Å²) in [5.74, 6) is 1.37. The minimum absolute atomic E-state index is 0.316. The zero-order chi connectivity index (χ0) is 11.4. The van der Waals surface area contributed by atoms with Crippen LogP contribution in [0.15, 0.2) is 35.2 Å². The predicted octanol–water partition coefficient (Wildman–Crippen LogP) is 1.58. The van der Waals surface area contributed by atoms with E-state index in [2.05, 4.69) is 9.97 Å². The van der Waals surface area contributed by atoms with E-state index < -0.39 is 0 Å². The first-order chi connectivity index (χ1) is 7.81. The molecular weight excluding hydrogens is 204 g/mol. The lowest BCUT2D eigenvalue weighted by molar-refractivity contribution is 0.507. The Bertz CT molecular complexity index is 501. The molecule has 0 aliphatic rings. The largest absolute Gasteiger partial charge is 0.467 e. The van der Waals surface area contributed by atoms with E-state index in [0.717, 1.165) is 5.76 Å². The molecule has 2 rings (SSSR count). The fraction of sp³-hybridized carbons (Fsp3) is 0.182. The Kier molecular flexibility index (Phi) is 2.83. The Morgan fingerprint density at radius 1 is 1.44 bits per heavy atom. The van der Waals surface area contributed by atoms with E-state index >= 15 is 0 Å². The van der Waals surface area contributed by atoms with E-state index in [4.69, 9.17) is 9.68 Å². The van der Waals surface area contributed by atoms with Crippen LogP contribution in [0.2, 0.25) is 0 Å². The van der Waals surface area contributed by atoms with Crippen LogP contribution in [0.4, 0.5) is 5.82 Å². The summed E-state index contributed by atoms with van der Waals surface area (Å²) in [6.45, 7) is 0.556. The third-order valence-corrected chi connectivity index (χ3v) is 2.12. The Balaban J connectivity index is 2.21. The van der Waals surface area contributed by atoms with Gasteiger partial charge in [0.15, 0.2) is 11.5 Å². The van der Waals surface area contributed by atoms with Gasteiger partial charge in [0.1, 0.15) is 11.8 Å². The summed E-state index contributed by atoms with van der Waals surface area (Å²) in [5, 5.41) is 8.89. The van der Waals surface area contributed by atoms with E-state index in [-0.39, 0.29) is 0 Å². The standard InChI is InChI=1S/C11H10N4O/c1-15(8-9-3-2-6-16-9)11-10(7-12)13-4-5-14-11/h2-6H,8H2,1H3. The van der Waals surface area contributed by atoms with Gasteiger partial charge in [0, 0.05) is 19.4 Å². The molecule has 80 valence electrons. The zero-order valence-corrected chi connectivity index (χ0v) is 8.79. The molecule has 5 heteroatoms. The average molecular weight is 214 g/mol. The molecule has 5 nitrogen and oxygen atoms in total. The van der Waals surface area contributed by atoms with E-state index in [1.165, 1.54) is 6.20 Å². The number of rotatable bonds is 3. The number of nitriles is 1. The molecule has 0 bridgehead atoms. The molecule has 2 heterocycles. The van der Waals surface area contributed by atoms with Crippen molar-refractivity contribution >= 4 is 5.82 Å². The summed E-state index contributed by atoms with van der Waals surface area (Å²) in [6.07, 6.45) is 4.68. The lowest BCUT2D eigenvalue weighted by Crippen LogP contribution is -2.19. The maximum absolute atomic E-state index is 8.89. The molecule has 0 aliphatic heterocycles. The summed E-state index contributed by atoms with van der Waals surface area (Å²) in [4.78, 5) is 9.90. The van der Waals surface area contributed by atoms with E-state index in [1.807, 2.05) is 30.1 Å². The lowest BCUT2D eigenvalue weighted by Gasteiger charge is -2.16. The predicted molar refractivity (Wildman–Crippen MR) is 57.6 cm³/mol. The third kappa shape index (κ3) is 2.01. The summed E-state index contributed by atoms with van der Waals surface area (Å²) < 4.78 is 5.23. The fourth-order valence-corrected chi connectivity index (χ4v) is 1.40. The monoisotopic (exact) mass is 214 g/mol. The van der Waals surface area contributed by atoms with Gasteiger partial charge in [-0.2, -0.15) is 5.26 Å². The summed E-state index contributed by atoms with van der Waals surface area (Å²) >= 11 is 0.